The number of hydrogen-bond donors (Lipinski definition) is 0. The van der Waals surface area contributed by atoms with Crippen LogP contribution in [-0.2, 0) is 15.0 Å². The van der Waals surface area contributed by atoms with Gasteiger partial charge in [0, 0.05) is 36.1 Å². The minimum absolute atomic E-state index is 0.154. The number of carbonyl (C=O) groups is 1. The molecule has 1 aromatic carbocycles. The predicted molar refractivity (Wildman–Crippen MR) is 72.5 cm³/mol. The van der Waals surface area contributed by atoms with Gasteiger partial charge in [0.2, 0.25) is 5.91 Å². The molecule has 1 amide bonds. The van der Waals surface area contributed by atoms with Gasteiger partial charge in [-0.1, -0.05) is 12.1 Å². The summed E-state index contributed by atoms with van der Waals surface area (Å²) in [5.74, 6) is -0.388. The number of nitrogens with zero attached hydrogens (tertiary/aromatic N) is 2. The second kappa shape index (κ2) is 4.52. The molecular formula is C13H11FN2O3S. The van der Waals surface area contributed by atoms with Crippen molar-refractivity contribution in [3.63, 3.8) is 0 Å². The molecule has 0 spiro atoms. The molecule has 1 unspecified atom stereocenters. The van der Waals surface area contributed by atoms with Crippen LogP contribution in [0.15, 0.2) is 36.7 Å². The number of anilines is 1. The zero-order chi connectivity index (χ0) is 14.3. The molecule has 0 bridgehead atoms. The summed E-state index contributed by atoms with van der Waals surface area (Å²) in [5.41, 5.74) is 0.584. The zero-order valence-corrected chi connectivity index (χ0v) is 11.2. The van der Waals surface area contributed by atoms with E-state index in [0.29, 0.717) is 5.69 Å². The summed E-state index contributed by atoms with van der Waals surface area (Å²) in [4.78, 5) is 17.3. The van der Waals surface area contributed by atoms with Crippen LogP contribution in [0.5, 0.6) is 0 Å². The van der Waals surface area contributed by atoms with Crippen molar-refractivity contribution in [2.75, 3.05) is 11.4 Å². The summed E-state index contributed by atoms with van der Waals surface area (Å²) in [6.45, 7) is -0.154. The third-order valence-electron chi connectivity index (χ3n) is 3.44. The van der Waals surface area contributed by atoms with E-state index in [0.717, 1.165) is 10.8 Å². The van der Waals surface area contributed by atoms with Crippen molar-refractivity contribution in [1.29, 1.82) is 0 Å². The lowest BCUT2D eigenvalue weighted by molar-refractivity contribution is -0.117. The van der Waals surface area contributed by atoms with Crippen LogP contribution in [0.25, 0.3) is 10.8 Å². The van der Waals surface area contributed by atoms with Gasteiger partial charge in [0.25, 0.3) is 0 Å². The fourth-order valence-electron chi connectivity index (χ4n) is 2.44. The molecule has 104 valence electrons. The molecule has 1 aliphatic rings. The first-order valence-corrected chi connectivity index (χ1v) is 7.48. The molecule has 1 aromatic heterocycles. The SMILES string of the molecule is O=C1CC(S(=O)(=O)F)CN1c1cccc2cnccc12. The van der Waals surface area contributed by atoms with Gasteiger partial charge in [-0.15, -0.1) is 3.89 Å². The highest BCUT2D eigenvalue weighted by Crippen LogP contribution is 2.31. The topological polar surface area (TPSA) is 67.3 Å². The van der Waals surface area contributed by atoms with Gasteiger partial charge in [0.1, 0.15) is 5.25 Å². The number of hydrogen-bond acceptors (Lipinski definition) is 4. The van der Waals surface area contributed by atoms with E-state index in [-0.39, 0.29) is 18.9 Å². The third-order valence-corrected chi connectivity index (χ3v) is 4.55. The Kier molecular flexibility index (Phi) is 2.93. The Morgan fingerprint density at radius 2 is 2.10 bits per heavy atom. The zero-order valence-electron chi connectivity index (χ0n) is 10.4. The van der Waals surface area contributed by atoms with Gasteiger partial charge in [0.05, 0.1) is 5.69 Å². The van der Waals surface area contributed by atoms with Crippen LogP contribution in [0.3, 0.4) is 0 Å². The van der Waals surface area contributed by atoms with Crippen LogP contribution in [0, 0.1) is 0 Å². The van der Waals surface area contributed by atoms with E-state index in [4.69, 9.17) is 0 Å². The smallest absolute Gasteiger partial charge is 0.307 e. The van der Waals surface area contributed by atoms with Gasteiger partial charge in [-0.2, -0.15) is 8.42 Å². The minimum atomic E-state index is -4.70. The highest BCUT2D eigenvalue weighted by molar-refractivity contribution is 7.87. The van der Waals surface area contributed by atoms with Crippen molar-refractivity contribution in [3.8, 4) is 0 Å². The molecular weight excluding hydrogens is 283 g/mol. The van der Waals surface area contributed by atoms with Crippen LogP contribution < -0.4 is 4.90 Å². The highest BCUT2D eigenvalue weighted by Gasteiger charge is 2.39. The molecule has 0 N–H and O–H groups in total. The van der Waals surface area contributed by atoms with Gasteiger partial charge in [-0.25, -0.2) is 0 Å². The molecule has 1 aliphatic heterocycles. The van der Waals surface area contributed by atoms with E-state index in [9.17, 15) is 17.1 Å². The molecule has 0 radical (unpaired) electrons. The number of halogens is 1. The molecule has 1 saturated heterocycles. The molecule has 0 saturated carbocycles. The Hall–Kier alpha value is -2.02. The fourth-order valence-corrected chi connectivity index (χ4v) is 3.11. The summed E-state index contributed by atoms with van der Waals surface area (Å²) in [6.07, 6.45) is 2.93. The predicted octanol–water partition coefficient (Wildman–Crippen LogP) is 1.64. The molecule has 1 fully saturated rings. The van der Waals surface area contributed by atoms with Crippen molar-refractivity contribution in [2.24, 2.45) is 0 Å². The van der Waals surface area contributed by atoms with E-state index in [1.165, 1.54) is 4.90 Å². The number of amides is 1. The van der Waals surface area contributed by atoms with Crippen LogP contribution in [-0.4, -0.2) is 31.1 Å². The van der Waals surface area contributed by atoms with Gasteiger partial charge in [0.15, 0.2) is 0 Å². The Morgan fingerprint density at radius 3 is 2.80 bits per heavy atom. The van der Waals surface area contributed by atoms with Gasteiger partial charge in [-0.05, 0) is 12.1 Å². The Labute approximate surface area is 115 Å². The van der Waals surface area contributed by atoms with Crippen molar-refractivity contribution in [1.82, 2.24) is 4.98 Å². The van der Waals surface area contributed by atoms with Crippen LogP contribution >= 0.6 is 0 Å². The van der Waals surface area contributed by atoms with E-state index in [1.807, 2.05) is 6.07 Å². The van der Waals surface area contributed by atoms with E-state index in [2.05, 4.69) is 4.98 Å². The summed E-state index contributed by atoms with van der Waals surface area (Å²) < 4.78 is 35.0. The molecule has 1 atom stereocenters. The normalized spacial score (nSPS) is 19.8. The number of aromatic nitrogens is 1. The lowest BCUT2D eigenvalue weighted by Crippen LogP contribution is -2.27. The Balaban J connectivity index is 2.06. The Morgan fingerprint density at radius 1 is 1.30 bits per heavy atom. The van der Waals surface area contributed by atoms with Crippen molar-refractivity contribution < 1.29 is 17.1 Å². The molecule has 7 heteroatoms. The summed E-state index contributed by atoms with van der Waals surface area (Å²) >= 11 is 0. The summed E-state index contributed by atoms with van der Waals surface area (Å²) in [6, 6.07) is 7.06. The monoisotopic (exact) mass is 294 g/mol. The molecule has 5 nitrogen and oxygen atoms in total. The average Bonchev–Trinajstić information content (AvgIpc) is 2.80. The lowest BCUT2D eigenvalue weighted by Gasteiger charge is -2.18. The second-order valence-electron chi connectivity index (χ2n) is 4.68. The average molecular weight is 294 g/mol. The third kappa shape index (κ3) is 2.14. The summed E-state index contributed by atoms with van der Waals surface area (Å²) in [5, 5.41) is 0.337. The van der Waals surface area contributed by atoms with Crippen LogP contribution in [0.4, 0.5) is 9.57 Å². The van der Waals surface area contributed by atoms with E-state index >= 15 is 0 Å². The first-order chi connectivity index (χ1) is 9.47. The molecule has 20 heavy (non-hydrogen) atoms. The Bertz CT molecular complexity index is 786. The number of pyridine rings is 1. The quantitative estimate of drug-likeness (QED) is 0.790. The van der Waals surface area contributed by atoms with Crippen molar-refractivity contribution in [2.45, 2.75) is 11.7 Å². The molecule has 2 aromatic rings. The minimum Gasteiger partial charge on any atom is -0.310 e. The van der Waals surface area contributed by atoms with Crippen molar-refractivity contribution in [3.05, 3.63) is 36.7 Å². The lowest BCUT2D eigenvalue weighted by atomic mass is 10.1. The largest absolute Gasteiger partial charge is 0.310 e. The number of benzene rings is 1. The molecule has 3 rings (SSSR count). The van der Waals surface area contributed by atoms with Crippen LogP contribution in [0.1, 0.15) is 6.42 Å². The maximum Gasteiger partial charge on any atom is 0.307 e. The van der Waals surface area contributed by atoms with Crippen LogP contribution in [0.2, 0.25) is 0 Å². The van der Waals surface area contributed by atoms with Gasteiger partial charge >= 0.3 is 10.2 Å². The maximum absolute atomic E-state index is 13.1. The first-order valence-electron chi connectivity index (χ1n) is 6.03. The molecule has 2 heterocycles. The van der Waals surface area contributed by atoms with E-state index in [1.54, 1.807) is 30.6 Å². The maximum atomic E-state index is 13.1. The van der Waals surface area contributed by atoms with E-state index < -0.39 is 15.5 Å². The first kappa shape index (κ1) is 13.0. The van der Waals surface area contributed by atoms with Gasteiger partial charge in [-0.3, -0.25) is 9.78 Å². The molecule has 0 aliphatic carbocycles. The number of rotatable bonds is 2. The number of carbonyl (C=O) groups excluding carboxylic acids is 1. The van der Waals surface area contributed by atoms with Crippen molar-refractivity contribution >= 4 is 32.6 Å². The number of fused-ring (bicyclic) bond motifs is 1. The highest BCUT2D eigenvalue weighted by atomic mass is 32.3. The summed E-state index contributed by atoms with van der Waals surface area (Å²) in [7, 11) is -4.70. The standard InChI is InChI=1S/C13H11FN2O3S/c14-20(18,19)10-6-13(17)16(8-10)12-3-1-2-9-7-15-5-4-11(9)12/h1-5,7,10H,6,8H2. The van der Waals surface area contributed by atoms with Gasteiger partial charge < -0.3 is 4.90 Å². The second-order valence-corrected chi connectivity index (χ2v) is 6.30. The fraction of sp³-hybridized carbons (Fsp3) is 0.231.